The summed E-state index contributed by atoms with van der Waals surface area (Å²) in [4.78, 5) is 12.6. The van der Waals surface area contributed by atoms with E-state index < -0.39 is 0 Å². The summed E-state index contributed by atoms with van der Waals surface area (Å²) in [7, 11) is 1.61. The quantitative estimate of drug-likeness (QED) is 0.792. The third kappa shape index (κ3) is 2.98. The number of nitrogens with zero attached hydrogens (tertiary/aromatic N) is 3. The van der Waals surface area contributed by atoms with Crippen molar-refractivity contribution in [2.75, 3.05) is 7.11 Å². The molecule has 0 aliphatic heterocycles. The first-order valence-corrected chi connectivity index (χ1v) is 6.55. The SMILES string of the molecule is COc1cncnc1-c1ccc(SC(C)C)nc1. The Labute approximate surface area is 111 Å². The van der Waals surface area contributed by atoms with Gasteiger partial charge in [0.2, 0.25) is 0 Å². The average molecular weight is 261 g/mol. The Morgan fingerprint density at radius 2 is 2.00 bits per heavy atom. The molecule has 0 aliphatic rings. The average Bonchev–Trinajstić information content (AvgIpc) is 2.39. The van der Waals surface area contributed by atoms with Crippen LogP contribution in [-0.2, 0) is 0 Å². The summed E-state index contributed by atoms with van der Waals surface area (Å²) in [6, 6.07) is 4.00. The topological polar surface area (TPSA) is 47.9 Å². The van der Waals surface area contributed by atoms with E-state index in [0.717, 1.165) is 16.3 Å². The Kier molecular flexibility index (Phi) is 4.15. The number of aromatic nitrogens is 3. The molecule has 94 valence electrons. The van der Waals surface area contributed by atoms with Crippen LogP contribution >= 0.6 is 11.8 Å². The lowest BCUT2D eigenvalue weighted by Gasteiger charge is -2.07. The first-order chi connectivity index (χ1) is 8.70. The summed E-state index contributed by atoms with van der Waals surface area (Å²) < 4.78 is 5.24. The summed E-state index contributed by atoms with van der Waals surface area (Å²) in [6.45, 7) is 4.29. The number of hydrogen-bond donors (Lipinski definition) is 0. The summed E-state index contributed by atoms with van der Waals surface area (Å²) in [5, 5.41) is 1.54. The standard InChI is InChI=1S/C13H15N3OS/c1-9(2)18-12-5-4-10(6-15-12)13-11(17-3)7-14-8-16-13/h4-9H,1-3H3. The minimum atomic E-state index is 0.525. The van der Waals surface area contributed by atoms with Crippen LogP contribution in [0.5, 0.6) is 5.75 Å². The Morgan fingerprint density at radius 1 is 1.17 bits per heavy atom. The van der Waals surface area contributed by atoms with Crippen molar-refractivity contribution >= 4 is 11.8 Å². The van der Waals surface area contributed by atoms with Gasteiger partial charge < -0.3 is 4.74 Å². The van der Waals surface area contributed by atoms with E-state index in [0.29, 0.717) is 11.0 Å². The van der Waals surface area contributed by atoms with Crippen LogP contribution in [0.4, 0.5) is 0 Å². The third-order valence-electron chi connectivity index (χ3n) is 2.26. The van der Waals surface area contributed by atoms with Gasteiger partial charge in [0.05, 0.1) is 18.3 Å². The van der Waals surface area contributed by atoms with Crippen LogP contribution in [0.15, 0.2) is 35.9 Å². The molecule has 0 spiro atoms. The highest BCUT2D eigenvalue weighted by Gasteiger charge is 2.08. The molecule has 0 N–H and O–H groups in total. The van der Waals surface area contributed by atoms with Gasteiger partial charge in [-0.3, -0.25) is 0 Å². The number of pyridine rings is 1. The van der Waals surface area contributed by atoms with Crippen molar-refractivity contribution in [1.29, 1.82) is 0 Å². The van der Waals surface area contributed by atoms with E-state index in [2.05, 4.69) is 28.8 Å². The molecule has 0 aromatic carbocycles. The van der Waals surface area contributed by atoms with E-state index in [1.807, 2.05) is 18.3 Å². The summed E-state index contributed by atoms with van der Waals surface area (Å²) in [5.41, 5.74) is 1.70. The van der Waals surface area contributed by atoms with Crippen molar-refractivity contribution in [3.8, 4) is 17.0 Å². The molecule has 0 saturated heterocycles. The number of methoxy groups -OCH3 is 1. The van der Waals surface area contributed by atoms with Crippen molar-refractivity contribution in [1.82, 2.24) is 15.0 Å². The molecular formula is C13H15N3OS. The second kappa shape index (κ2) is 5.82. The number of hydrogen-bond acceptors (Lipinski definition) is 5. The molecule has 0 radical (unpaired) electrons. The fourth-order valence-electron chi connectivity index (χ4n) is 1.51. The van der Waals surface area contributed by atoms with E-state index in [1.165, 1.54) is 6.33 Å². The lowest BCUT2D eigenvalue weighted by atomic mass is 10.2. The van der Waals surface area contributed by atoms with Gasteiger partial charge in [-0.1, -0.05) is 13.8 Å². The molecule has 0 bridgehead atoms. The fourth-order valence-corrected chi connectivity index (χ4v) is 2.26. The molecule has 0 saturated carbocycles. The summed E-state index contributed by atoms with van der Waals surface area (Å²) >= 11 is 1.74. The monoisotopic (exact) mass is 261 g/mol. The van der Waals surface area contributed by atoms with E-state index in [1.54, 1.807) is 25.1 Å². The molecule has 0 atom stereocenters. The van der Waals surface area contributed by atoms with E-state index in [-0.39, 0.29) is 0 Å². The van der Waals surface area contributed by atoms with Gasteiger partial charge in [-0.25, -0.2) is 15.0 Å². The molecule has 0 unspecified atom stereocenters. The largest absolute Gasteiger partial charge is 0.493 e. The molecule has 4 nitrogen and oxygen atoms in total. The molecule has 2 heterocycles. The molecule has 0 amide bonds. The normalized spacial score (nSPS) is 10.7. The van der Waals surface area contributed by atoms with Crippen LogP contribution in [-0.4, -0.2) is 27.3 Å². The second-order valence-corrected chi connectivity index (χ2v) is 5.59. The van der Waals surface area contributed by atoms with Gasteiger partial charge in [0.1, 0.15) is 12.0 Å². The Bertz CT molecular complexity index is 514. The zero-order chi connectivity index (χ0) is 13.0. The lowest BCUT2D eigenvalue weighted by Crippen LogP contribution is -1.94. The van der Waals surface area contributed by atoms with Crippen molar-refractivity contribution in [2.24, 2.45) is 0 Å². The first kappa shape index (κ1) is 12.8. The number of thioether (sulfide) groups is 1. The van der Waals surface area contributed by atoms with Gasteiger partial charge in [-0.2, -0.15) is 0 Å². The minimum absolute atomic E-state index is 0.525. The zero-order valence-corrected chi connectivity index (χ0v) is 11.4. The van der Waals surface area contributed by atoms with Gasteiger partial charge in [-0.05, 0) is 12.1 Å². The lowest BCUT2D eigenvalue weighted by molar-refractivity contribution is 0.412. The van der Waals surface area contributed by atoms with Gasteiger partial charge in [0.15, 0.2) is 5.75 Å². The van der Waals surface area contributed by atoms with E-state index in [4.69, 9.17) is 4.74 Å². The number of rotatable bonds is 4. The van der Waals surface area contributed by atoms with Gasteiger partial charge in [-0.15, -0.1) is 11.8 Å². The third-order valence-corrected chi connectivity index (χ3v) is 3.22. The van der Waals surface area contributed by atoms with E-state index in [9.17, 15) is 0 Å². The van der Waals surface area contributed by atoms with Crippen molar-refractivity contribution in [2.45, 2.75) is 24.1 Å². The van der Waals surface area contributed by atoms with Crippen LogP contribution in [0.3, 0.4) is 0 Å². The van der Waals surface area contributed by atoms with Crippen LogP contribution < -0.4 is 4.74 Å². The molecular weight excluding hydrogens is 246 g/mol. The van der Waals surface area contributed by atoms with Crippen molar-refractivity contribution < 1.29 is 4.74 Å². The Morgan fingerprint density at radius 3 is 2.61 bits per heavy atom. The predicted molar refractivity (Wildman–Crippen MR) is 72.8 cm³/mol. The Hall–Kier alpha value is -1.62. The number of ether oxygens (including phenoxy) is 1. The van der Waals surface area contributed by atoms with Crippen LogP contribution in [0, 0.1) is 0 Å². The highest BCUT2D eigenvalue weighted by atomic mass is 32.2. The van der Waals surface area contributed by atoms with Crippen LogP contribution in [0.2, 0.25) is 0 Å². The first-order valence-electron chi connectivity index (χ1n) is 5.67. The maximum atomic E-state index is 5.24. The molecule has 2 aromatic heterocycles. The van der Waals surface area contributed by atoms with Crippen molar-refractivity contribution in [3.05, 3.63) is 30.9 Å². The summed E-state index contributed by atoms with van der Waals surface area (Å²) in [6.07, 6.45) is 4.98. The molecule has 2 rings (SSSR count). The maximum absolute atomic E-state index is 5.24. The smallest absolute Gasteiger partial charge is 0.163 e. The Balaban J connectivity index is 2.28. The molecule has 0 fully saturated rings. The van der Waals surface area contributed by atoms with Crippen LogP contribution in [0.25, 0.3) is 11.3 Å². The predicted octanol–water partition coefficient (Wildman–Crippen LogP) is 3.05. The highest BCUT2D eigenvalue weighted by Crippen LogP contribution is 2.27. The van der Waals surface area contributed by atoms with Gasteiger partial charge in [0.25, 0.3) is 0 Å². The second-order valence-electron chi connectivity index (χ2n) is 3.99. The van der Waals surface area contributed by atoms with Gasteiger partial charge >= 0.3 is 0 Å². The van der Waals surface area contributed by atoms with Gasteiger partial charge in [0, 0.05) is 17.0 Å². The van der Waals surface area contributed by atoms with Crippen molar-refractivity contribution in [3.63, 3.8) is 0 Å². The zero-order valence-electron chi connectivity index (χ0n) is 10.6. The maximum Gasteiger partial charge on any atom is 0.163 e. The summed E-state index contributed by atoms with van der Waals surface area (Å²) in [5.74, 6) is 0.656. The fraction of sp³-hybridized carbons (Fsp3) is 0.308. The minimum Gasteiger partial charge on any atom is -0.493 e. The highest BCUT2D eigenvalue weighted by molar-refractivity contribution is 7.99. The molecule has 2 aromatic rings. The molecule has 5 heteroatoms. The van der Waals surface area contributed by atoms with E-state index >= 15 is 0 Å². The molecule has 0 aliphatic carbocycles. The molecule has 18 heavy (non-hydrogen) atoms. The van der Waals surface area contributed by atoms with Crippen LogP contribution in [0.1, 0.15) is 13.8 Å².